The number of methoxy groups -OCH3 is 1. The van der Waals surface area contributed by atoms with Crippen molar-refractivity contribution in [3.63, 3.8) is 0 Å². The second kappa shape index (κ2) is 13.7. The first kappa shape index (κ1) is 22.5. The minimum Gasteiger partial charge on any atom is -0.469 e. The van der Waals surface area contributed by atoms with Crippen molar-refractivity contribution in [3.05, 3.63) is 0 Å². The average molecular weight is 371 g/mol. The van der Waals surface area contributed by atoms with Gasteiger partial charge in [-0.05, 0) is 44.4 Å². The van der Waals surface area contributed by atoms with Crippen LogP contribution in [-0.2, 0) is 14.3 Å². The second-order valence-corrected chi connectivity index (χ2v) is 8.36. The lowest BCUT2D eigenvalue weighted by Crippen LogP contribution is -2.16. The van der Waals surface area contributed by atoms with Crippen molar-refractivity contribution in [3.8, 4) is 0 Å². The van der Waals surface area contributed by atoms with Crippen molar-refractivity contribution in [2.45, 2.75) is 102 Å². The molecule has 0 heterocycles. The van der Waals surface area contributed by atoms with E-state index in [-0.39, 0.29) is 11.9 Å². The summed E-state index contributed by atoms with van der Waals surface area (Å²) in [6, 6.07) is 0. The summed E-state index contributed by atoms with van der Waals surface area (Å²) in [5.41, 5.74) is 0. The summed E-state index contributed by atoms with van der Waals surface area (Å²) in [6.07, 6.45) is 15.0. The van der Waals surface area contributed by atoms with Gasteiger partial charge in [0.25, 0.3) is 0 Å². The monoisotopic (exact) mass is 370 g/mol. The third kappa shape index (κ3) is 9.67. The molecule has 1 aliphatic rings. The topological polar surface area (TPSA) is 43.4 Å². The summed E-state index contributed by atoms with van der Waals surface area (Å²) in [6.45, 7) is 2.23. The van der Waals surface area contributed by atoms with Gasteiger partial charge in [0.1, 0.15) is 5.78 Å². The zero-order chi connectivity index (χ0) is 18.5. The quantitative estimate of drug-likeness (QED) is 0.240. The highest BCUT2D eigenvalue weighted by Crippen LogP contribution is 2.36. The number of esters is 1. The fraction of sp³-hybridized carbons (Fsp3) is 0.905. The summed E-state index contributed by atoms with van der Waals surface area (Å²) in [5, 5.41) is 0.501. The molecule has 0 bridgehead atoms. The van der Waals surface area contributed by atoms with Crippen LogP contribution in [0.2, 0.25) is 0 Å². The number of carbonyl (C=O) groups is 2. The van der Waals surface area contributed by atoms with Crippen LogP contribution in [0.1, 0.15) is 96.8 Å². The van der Waals surface area contributed by atoms with Crippen molar-refractivity contribution in [1.29, 1.82) is 0 Å². The predicted octanol–water partition coefficient (Wildman–Crippen LogP) is 5.75. The molecule has 3 atom stereocenters. The van der Waals surface area contributed by atoms with Crippen molar-refractivity contribution in [2.24, 2.45) is 11.8 Å². The molecule has 0 N–H and O–H groups in total. The van der Waals surface area contributed by atoms with Crippen molar-refractivity contribution in [1.82, 2.24) is 0 Å². The van der Waals surface area contributed by atoms with Crippen molar-refractivity contribution < 1.29 is 14.3 Å². The lowest BCUT2D eigenvalue weighted by molar-refractivity contribution is -0.140. The predicted molar refractivity (Wildman–Crippen MR) is 107 cm³/mol. The Balaban J connectivity index is 2.18. The van der Waals surface area contributed by atoms with Crippen LogP contribution in [0.15, 0.2) is 0 Å². The van der Waals surface area contributed by atoms with Gasteiger partial charge in [0.15, 0.2) is 0 Å². The van der Waals surface area contributed by atoms with Crippen LogP contribution in [0.3, 0.4) is 0 Å². The number of hydrogen-bond donors (Lipinski definition) is 1. The van der Waals surface area contributed by atoms with Gasteiger partial charge in [-0.2, -0.15) is 12.6 Å². The molecule has 0 aromatic carbocycles. The van der Waals surface area contributed by atoms with Gasteiger partial charge in [0.05, 0.1) is 7.11 Å². The minimum absolute atomic E-state index is 0.119. The van der Waals surface area contributed by atoms with Crippen LogP contribution in [0.5, 0.6) is 0 Å². The lowest BCUT2D eigenvalue weighted by Gasteiger charge is -2.20. The Labute approximate surface area is 160 Å². The smallest absolute Gasteiger partial charge is 0.305 e. The van der Waals surface area contributed by atoms with Crippen LogP contribution in [0, 0.1) is 11.8 Å². The van der Waals surface area contributed by atoms with E-state index < -0.39 is 0 Å². The Bertz CT molecular complexity index is 383. The van der Waals surface area contributed by atoms with Gasteiger partial charge < -0.3 is 4.74 Å². The number of hydrogen-bond acceptors (Lipinski definition) is 4. The first-order valence-corrected chi connectivity index (χ1v) is 10.9. The summed E-state index contributed by atoms with van der Waals surface area (Å²) >= 11 is 4.74. The van der Waals surface area contributed by atoms with Crippen LogP contribution in [0.25, 0.3) is 0 Å². The molecular formula is C21H38O3S. The Morgan fingerprint density at radius 1 is 1.12 bits per heavy atom. The van der Waals surface area contributed by atoms with Crippen molar-refractivity contribution in [2.75, 3.05) is 7.11 Å². The summed E-state index contributed by atoms with van der Waals surface area (Å²) in [5.74, 6) is 1.24. The van der Waals surface area contributed by atoms with E-state index in [0.717, 1.165) is 51.4 Å². The van der Waals surface area contributed by atoms with E-state index >= 15 is 0 Å². The molecule has 0 spiro atoms. The van der Waals surface area contributed by atoms with E-state index in [4.69, 9.17) is 12.6 Å². The van der Waals surface area contributed by atoms with Crippen molar-refractivity contribution >= 4 is 24.4 Å². The molecule has 146 valence electrons. The third-order valence-electron chi connectivity index (χ3n) is 5.63. The van der Waals surface area contributed by atoms with Gasteiger partial charge in [0, 0.05) is 24.0 Å². The maximum absolute atomic E-state index is 12.2. The van der Waals surface area contributed by atoms with E-state index in [0.29, 0.717) is 23.4 Å². The molecule has 1 unspecified atom stereocenters. The molecule has 0 aromatic rings. The highest BCUT2D eigenvalue weighted by molar-refractivity contribution is 7.80. The number of rotatable bonds is 14. The Kier molecular flexibility index (Phi) is 12.3. The van der Waals surface area contributed by atoms with E-state index in [1.54, 1.807) is 0 Å². The molecule has 3 nitrogen and oxygen atoms in total. The highest BCUT2D eigenvalue weighted by Gasteiger charge is 2.33. The van der Waals surface area contributed by atoms with Crippen LogP contribution in [0.4, 0.5) is 0 Å². The fourth-order valence-corrected chi connectivity index (χ4v) is 4.32. The molecule has 1 saturated carbocycles. The van der Waals surface area contributed by atoms with Crippen LogP contribution < -0.4 is 0 Å². The van der Waals surface area contributed by atoms with Crippen LogP contribution in [-0.4, -0.2) is 24.1 Å². The number of ether oxygens (including phenoxy) is 1. The van der Waals surface area contributed by atoms with Gasteiger partial charge in [-0.25, -0.2) is 0 Å². The van der Waals surface area contributed by atoms with E-state index in [1.807, 2.05) is 0 Å². The normalized spacial score (nSPS) is 21.5. The summed E-state index contributed by atoms with van der Waals surface area (Å²) in [7, 11) is 1.44. The molecule has 1 fully saturated rings. The Morgan fingerprint density at radius 2 is 1.88 bits per heavy atom. The van der Waals surface area contributed by atoms with E-state index in [9.17, 15) is 9.59 Å². The molecule has 4 heteroatoms. The Hall–Kier alpha value is -0.510. The van der Waals surface area contributed by atoms with Gasteiger partial charge in [-0.15, -0.1) is 0 Å². The zero-order valence-electron chi connectivity index (χ0n) is 16.3. The average Bonchev–Trinajstić information content (AvgIpc) is 2.96. The SMILES string of the molecule is CCCCCC(S)CC[C@H]1CCC(=O)[C@@H]1CCCCCCC(=O)OC. The number of ketones is 1. The lowest BCUT2D eigenvalue weighted by atomic mass is 9.86. The highest BCUT2D eigenvalue weighted by atomic mass is 32.1. The minimum atomic E-state index is -0.119. The first-order valence-electron chi connectivity index (χ1n) is 10.4. The molecule has 0 radical (unpaired) electrons. The molecule has 0 aliphatic heterocycles. The van der Waals surface area contributed by atoms with Gasteiger partial charge >= 0.3 is 5.97 Å². The second-order valence-electron chi connectivity index (χ2n) is 7.63. The first-order chi connectivity index (χ1) is 12.1. The molecule has 1 rings (SSSR count). The number of thiol groups is 1. The maximum atomic E-state index is 12.2. The van der Waals surface area contributed by atoms with Gasteiger partial charge in [0.2, 0.25) is 0 Å². The zero-order valence-corrected chi connectivity index (χ0v) is 17.2. The van der Waals surface area contributed by atoms with Gasteiger partial charge in [-0.3, -0.25) is 9.59 Å². The third-order valence-corrected chi connectivity index (χ3v) is 6.15. The number of Topliss-reactive ketones (excluding diaryl/α,β-unsaturated/α-hetero) is 1. The van der Waals surface area contributed by atoms with Gasteiger partial charge in [-0.1, -0.05) is 45.4 Å². The number of carbonyl (C=O) groups excluding carboxylic acids is 2. The molecule has 0 saturated heterocycles. The van der Waals surface area contributed by atoms with Crippen LogP contribution >= 0.6 is 12.6 Å². The summed E-state index contributed by atoms with van der Waals surface area (Å²) in [4.78, 5) is 23.3. The van der Waals surface area contributed by atoms with E-state index in [1.165, 1.54) is 39.2 Å². The fourth-order valence-electron chi connectivity index (χ4n) is 3.99. The van der Waals surface area contributed by atoms with E-state index in [2.05, 4.69) is 11.7 Å². The summed E-state index contributed by atoms with van der Waals surface area (Å²) < 4.78 is 4.65. The largest absolute Gasteiger partial charge is 0.469 e. The molecular weight excluding hydrogens is 332 g/mol. The standard InChI is InChI=1S/C21H38O3S/c1-3-4-7-10-18(25)15-13-17-14-16-20(22)19(17)11-8-5-6-9-12-21(23)24-2/h17-19,25H,3-16H2,1-2H3/t17-,18?,19+/m0/s1. The maximum Gasteiger partial charge on any atom is 0.305 e. The Morgan fingerprint density at radius 3 is 2.60 bits per heavy atom. The molecule has 25 heavy (non-hydrogen) atoms. The molecule has 0 aromatic heterocycles. The molecule has 0 amide bonds. The molecule has 1 aliphatic carbocycles. The number of unbranched alkanes of at least 4 members (excludes halogenated alkanes) is 5.